The van der Waals surface area contributed by atoms with Gasteiger partial charge in [-0.2, -0.15) is 5.10 Å². The van der Waals surface area contributed by atoms with Crippen LogP contribution in [0.3, 0.4) is 0 Å². The number of aromatic nitrogens is 3. The number of benzene rings is 1. The van der Waals surface area contributed by atoms with Gasteiger partial charge in [0, 0.05) is 18.5 Å². The van der Waals surface area contributed by atoms with Crippen molar-refractivity contribution in [2.45, 2.75) is 49.6 Å². The molecule has 2 aromatic heterocycles. The summed E-state index contributed by atoms with van der Waals surface area (Å²) < 4.78 is 33.6. The first kappa shape index (κ1) is 20.1. The van der Waals surface area contributed by atoms with Crippen LogP contribution < -0.4 is 11.3 Å². The quantitative estimate of drug-likeness (QED) is 0.583. The van der Waals surface area contributed by atoms with E-state index >= 15 is 0 Å². The lowest BCUT2D eigenvalue weighted by Crippen LogP contribution is -2.15. The number of nitrogen functional groups attached to an aromatic ring is 1. The van der Waals surface area contributed by atoms with E-state index in [0.717, 1.165) is 5.56 Å². The summed E-state index contributed by atoms with van der Waals surface area (Å²) >= 11 is 0. The van der Waals surface area contributed by atoms with Crippen molar-refractivity contribution in [2.75, 3.05) is 12.3 Å². The fourth-order valence-corrected chi connectivity index (χ4v) is 4.65. The predicted molar refractivity (Wildman–Crippen MR) is 107 cm³/mol. The zero-order valence-corrected chi connectivity index (χ0v) is 16.9. The Kier molecular flexibility index (Phi) is 5.57. The summed E-state index contributed by atoms with van der Waals surface area (Å²) in [7, 11) is -3.92. The monoisotopic (exact) mass is 404 g/mol. The van der Waals surface area contributed by atoms with Crippen LogP contribution in [0.5, 0.6) is 0 Å². The summed E-state index contributed by atoms with van der Waals surface area (Å²) in [5.41, 5.74) is 6.90. The average Bonchev–Trinajstić information content (AvgIpc) is 2.92. The first-order valence-electron chi connectivity index (χ1n) is 9.02. The topological polar surface area (TPSA) is 120 Å². The summed E-state index contributed by atoms with van der Waals surface area (Å²) in [5.74, 6) is 0.0265. The van der Waals surface area contributed by atoms with E-state index in [1.807, 2.05) is 20.8 Å². The Hall–Kier alpha value is -2.65. The van der Waals surface area contributed by atoms with Gasteiger partial charge in [0.1, 0.15) is 16.2 Å². The van der Waals surface area contributed by atoms with Gasteiger partial charge in [0.2, 0.25) is 9.84 Å². The van der Waals surface area contributed by atoms with Crippen LogP contribution in [-0.4, -0.2) is 35.9 Å². The number of nitrogens with one attached hydrogen (secondary N) is 1. The number of anilines is 1. The lowest BCUT2D eigenvalue weighted by Gasteiger charge is -2.10. The molecule has 0 aliphatic rings. The summed E-state index contributed by atoms with van der Waals surface area (Å²) in [6.07, 6.45) is 2.00. The van der Waals surface area contributed by atoms with Gasteiger partial charge in [0.25, 0.3) is 5.56 Å². The highest BCUT2D eigenvalue weighted by molar-refractivity contribution is 7.92. The standard InChI is InChI=1S/C19H24N4O4S/c1-12(2)27-10-4-9-23-16-15(11-21-22-19(16)24)17(18(23)20)28(25,26)14-7-5-13(3)6-8-14/h5-8,11-12H,4,9-10,20H2,1-3H3,(H,22,24). The molecule has 28 heavy (non-hydrogen) atoms. The second kappa shape index (κ2) is 7.76. The number of aromatic amines is 1. The Morgan fingerprint density at radius 3 is 2.57 bits per heavy atom. The zero-order chi connectivity index (χ0) is 20.5. The molecule has 3 N–H and O–H groups in total. The fourth-order valence-electron chi connectivity index (χ4n) is 3.10. The van der Waals surface area contributed by atoms with Crippen LogP contribution in [0.2, 0.25) is 0 Å². The van der Waals surface area contributed by atoms with Gasteiger partial charge in [0.05, 0.1) is 17.2 Å². The molecule has 0 aliphatic carbocycles. The van der Waals surface area contributed by atoms with Crippen LogP contribution in [0.1, 0.15) is 25.8 Å². The number of nitrogens with zero attached hydrogens (tertiary/aromatic N) is 2. The molecular weight excluding hydrogens is 380 g/mol. The van der Waals surface area contributed by atoms with Gasteiger partial charge < -0.3 is 15.0 Å². The third-order valence-electron chi connectivity index (χ3n) is 4.45. The van der Waals surface area contributed by atoms with Crippen molar-refractivity contribution in [3.05, 3.63) is 46.4 Å². The van der Waals surface area contributed by atoms with Crippen molar-refractivity contribution < 1.29 is 13.2 Å². The maximum Gasteiger partial charge on any atom is 0.288 e. The Bertz CT molecular complexity index is 1150. The number of ether oxygens (including phenoxy) is 1. The molecule has 0 atom stereocenters. The van der Waals surface area contributed by atoms with Crippen LogP contribution in [0.25, 0.3) is 10.9 Å². The SMILES string of the molecule is Cc1ccc(S(=O)(=O)c2c(N)n(CCCOC(C)C)c3c(=O)[nH]ncc23)cc1. The zero-order valence-electron chi connectivity index (χ0n) is 16.1. The van der Waals surface area contributed by atoms with Crippen molar-refractivity contribution in [3.63, 3.8) is 0 Å². The Labute approximate surface area is 163 Å². The van der Waals surface area contributed by atoms with Gasteiger partial charge in [0.15, 0.2) is 0 Å². The van der Waals surface area contributed by atoms with Gasteiger partial charge in [-0.05, 0) is 39.3 Å². The third-order valence-corrected chi connectivity index (χ3v) is 6.30. The van der Waals surface area contributed by atoms with Crippen molar-refractivity contribution >= 4 is 26.6 Å². The number of hydrogen-bond acceptors (Lipinski definition) is 6. The highest BCUT2D eigenvalue weighted by Gasteiger charge is 2.29. The second-order valence-electron chi connectivity index (χ2n) is 6.92. The Morgan fingerprint density at radius 2 is 1.93 bits per heavy atom. The first-order valence-corrected chi connectivity index (χ1v) is 10.5. The summed E-state index contributed by atoms with van der Waals surface area (Å²) in [5, 5.41) is 6.34. The minimum absolute atomic E-state index is 0.0265. The molecule has 0 aliphatic heterocycles. The molecule has 0 fully saturated rings. The van der Waals surface area contributed by atoms with Crippen molar-refractivity contribution in [2.24, 2.45) is 0 Å². The molecule has 9 heteroatoms. The molecule has 0 spiro atoms. The number of fused-ring (bicyclic) bond motifs is 1. The number of nitrogens with two attached hydrogens (primary N) is 1. The van der Waals surface area contributed by atoms with Crippen molar-refractivity contribution in [3.8, 4) is 0 Å². The van der Waals surface area contributed by atoms with Gasteiger partial charge in [-0.1, -0.05) is 17.7 Å². The summed E-state index contributed by atoms with van der Waals surface area (Å²) in [6.45, 7) is 6.56. The predicted octanol–water partition coefficient (Wildman–Crippen LogP) is 2.26. The second-order valence-corrected chi connectivity index (χ2v) is 8.80. The highest BCUT2D eigenvalue weighted by atomic mass is 32.2. The third kappa shape index (κ3) is 3.67. The van der Waals surface area contributed by atoms with E-state index in [2.05, 4.69) is 10.2 Å². The van der Waals surface area contributed by atoms with Crippen LogP contribution in [0.4, 0.5) is 5.82 Å². The molecule has 3 rings (SSSR count). The maximum atomic E-state index is 13.3. The maximum absolute atomic E-state index is 13.3. The van der Waals surface area contributed by atoms with Gasteiger partial charge in [-0.3, -0.25) is 4.79 Å². The van der Waals surface area contributed by atoms with Gasteiger partial charge >= 0.3 is 0 Å². The lowest BCUT2D eigenvalue weighted by molar-refractivity contribution is 0.0751. The van der Waals surface area contributed by atoms with E-state index < -0.39 is 15.4 Å². The lowest BCUT2D eigenvalue weighted by atomic mass is 10.2. The number of rotatable bonds is 7. The molecule has 0 bridgehead atoms. The molecule has 0 amide bonds. The van der Waals surface area contributed by atoms with Crippen LogP contribution in [0.15, 0.2) is 45.0 Å². The van der Waals surface area contributed by atoms with E-state index in [1.54, 1.807) is 12.1 Å². The number of hydrogen-bond donors (Lipinski definition) is 2. The van der Waals surface area contributed by atoms with E-state index in [-0.39, 0.29) is 32.6 Å². The fraction of sp³-hybridized carbons (Fsp3) is 0.368. The Balaban J connectivity index is 2.13. The van der Waals surface area contributed by atoms with Crippen molar-refractivity contribution in [1.29, 1.82) is 0 Å². The molecule has 0 radical (unpaired) electrons. The molecule has 3 aromatic rings. The highest BCUT2D eigenvalue weighted by Crippen LogP contribution is 2.34. The van der Waals surface area contributed by atoms with Crippen molar-refractivity contribution in [1.82, 2.24) is 14.8 Å². The van der Waals surface area contributed by atoms with Crippen LogP contribution in [0, 0.1) is 6.92 Å². The molecule has 0 saturated carbocycles. The molecule has 1 aromatic carbocycles. The molecule has 0 saturated heterocycles. The molecular formula is C19H24N4O4S. The van der Waals surface area contributed by atoms with E-state index in [9.17, 15) is 13.2 Å². The first-order chi connectivity index (χ1) is 13.2. The average molecular weight is 404 g/mol. The van der Waals surface area contributed by atoms with E-state index in [1.165, 1.54) is 22.9 Å². The molecule has 2 heterocycles. The summed E-state index contributed by atoms with van der Waals surface area (Å²) in [6, 6.07) is 6.50. The van der Waals surface area contributed by atoms with Gasteiger partial charge in [-0.25, -0.2) is 13.5 Å². The smallest absolute Gasteiger partial charge is 0.288 e. The van der Waals surface area contributed by atoms with E-state index in [0.29, 0.717) is 19.6 Å². The summed E-state index contributed by atoms with van der Waals surface area (Å²) in [4.78, 5) is 12.4. The number of sulfone groups is 1. The van der Waals surface area contributed by atoms with E-state index in [4.69, 9.17) is 10.5 Å². The normalized spacial score (nSPS) is 12.1. The van der Waals surface area contributed by atoms with Gasteiger partial charge in [-0.15, -0.1) is 0 Å². The number of H-pyrrole nitrogens is 1. The van der Waals surface area contributed by atoms with Crippen LogP contribution >= 0.6 is 0 Å². The minimum Gasteiger partial charge on any atom is -0.384 e. The Morgan fingerprint density at radius 1 is 1.25 bits per heavy atom. The number of aryl methyl sites for hydroxylation is 2. The largest absolute Gasteiger partial charge is 0.384 e. The molecule has 0 unspecified atom stereocenters. The van der Waals surface area contributed by atoms with Crippen LogP contribution in [-0.2, 0) is 21.1 Å². The molecule has 150 valence electrons. The minimum atomic E-state index is -3.92. The molecule has 8 nitrogen and oxygen atoms in total.